The second kappa shape index (κ2) is 9.85. The number of ether oxygens (including phenoxy) is 1. The number of hydrogen-bond donors (Lipinski definition) is 0. The number of alkyl halides is 6. The van der Waals surface area contributed by atoms with Crippen molar-refractivity contribution in [2.75, 3.05) is 11.9 Å². The van der Waals surface area contributed by atoms with Gasteiger partial charge in [-0.1, -0.05) is 0 Å². The van der Waals surface area contributed by atoms with Gasteiger partial charge in [0.05, 0.1) is 23.0 Å². The molecule has 3 aromatic rings. The molecule has 0 aliphatic carbocycles. The Morgan fingerprint density at radius 3 is 2.17 bits per heavy atom. The minimum absolute atomic E-state index is 0.0189. The van der Waals surface area contributed by atoms with Gasteiger partial charge in [0, 0.05) is 36.0 Å². The topological polar surface area (TPSA) is 66.2 Å². The van der Waals surface area contributed by atoms with Crippen LogP contribution in [0, 0.1) is 17.1 Å². The lowest BCUT2D eigenvalue weighted by molar-refractivity contribution is -0.143. The Balaban J connectivity index is 2.12. The van der Waals surface area contributed by atoms with E-state index in [-0.39, 0.29) is 28.6 Å². The number of nitriles is 1. The number of halogens is 7. The number of aromatic nitrogens is 1. The van der Waals surface area contributed by atoms with Gasteiger partial charge in [-0.2, -0.15) is 31.6 Å². The number of nitrogens with zero attached hydrogens (tertiary/aromatic N) is 3. The predicted molar refractivity (Wildman–Crippen MR) is 115 cm³/mol. The van der Waals surface area contributed by atoms with Gasteiger partial charge in [0.15, 0.2) is 6.10 Å². The summed E-state index contributed by atoms with van der Waals surface area (Å²) in [6, 6.07) is 7.15. The molecule has 1 amide bonds. The number of pyridine rings is 1. The van der Waals surface area contributed by atoms with Gasteiger partial charge in [0.1, 0.15) is 17.6 Å². The lowest BCUT2D eigenvalue weighted by Crippen LogP contribution is -2.28. The van der Waals surface area contributed by atoms with E-state index in [1.807, 2.05) is 6.07 Å². The molecular formula is C24H16F7N3O2. The van der Waals surface area contributed by atoms with Gasteiger partial charge >= 0.3 is 12.4 Å². The van der Waals surface area contributed by atoms with Crippen molar-refractivity contribution in [1.29, 1.82) is 5.26 Å². The second-order valence-corrected chi connectivity index (χ2v) is 7.58. The maximum Gasteiger partial charge on any atom is 0.416 e. The van der Waals surface area contributed by atoms with E-state index >= 15 is 0 Å². The van der Waals surface area contributed by atoms with E-state index in [1.165, 1.54) is 25.3 Å². The fourth-order valence-corrected chi connectivity index (χ4v) is 3.30. The van der Waals surface area contributed by atoms with Gasteiger partial charge in [-0.3, -0.25) is 9.78 Å². The zero-order valence-electron chi connectivity index (χ0n) is 18.6. The Labute approximate surface area is 200 Å². The van der Waals surface area contributed by atoms with Gasteiger partial charge in [-0.25, -0.2) is 4.39 Å². The summed E-state index contributed by atoms with van der Waals surface area (Å²) in [5.74, 6) is -1.95. The number of anilines is 1. The number of carbonyl (C=O) groups is 1. The summed E-state index contributed by atoms with van der Waals surface area (Å²) in [5.41, 5.74) is -3.75. The maximum absolute atomic E-state index is 13.9. The van der Waals surface area contributed by atoms with E-state index in [9.17, 15) is 35.5 Å². The number of carbonyl (C=O) groups excluding carboxylic acids is 1. The third-order valence-electron chi connectivity index (χ3n) is 5.02. The van der Waals surface area contributed by atoms with Crippen molar-refractivity contribution >= 4 is 11.6 Å². The van der Waals surface area contributed by atoms with Crippen molar-refractivity contribution in [3.63, 3.8) is 0 Å². The van der Waals surface area contributed by atoms with Crippen LogP contribution in [0.2, 0.25) is 0 Å². The molecule has 0 saturated heterocycles. The maximum atomic E-state index is 13.9. The highest BCUT2D eigenvalue weighted by atomic mass is 19.4. The summed E-state index contributed by atoms with van der Waals surface area (Å²) in [6.07, 6.45) is -8.78. The fourth-order valence-electron chi connectivity index (χ4n) is 3.30. The lowest BCUT2D eigenvalue weighted by Gasteiger charge is -2.23. The Kier molecular flexibility index (Phi) is 7.24. The molecule has 1 heterocycles. The van der Waals surface area contributed by atoms with Crippen LogP contribution < -0.4 is 9.64 Å². The normalized spacial score (nSPS) is 12.6. The van der Waals surface area contributed by atoms with Crippen LogP contribution in [0.3, 0.4) is 0 Å². The Morgan fingerprint density at radius 2 is 1.61 bits per heavy atom. The minimum Gasteiger partial charge on any atom is -0.475 e. The zero-order valence-corrected chi connectivity index (χ0v) is 18.6. The van der Waals surface area contributed by atoms with Gasteiger partial charge in [0.2, 0.25) is 0 Å². The molecule has 3 rings (SSSR count). The lowest BCUT2D eigenvalue weighted by atomic mass is 10.0. The molecule has 0 N–H and O–H groups in total. The second-order valence-electron chi connectivity index (χ2n) is 7.58. The number of benzene rings is 2. The van der Waals surface area contributed by atoms with Crippen LogP contribution in [0.25, 0.3) is 11.1 Å². The molecule has 0 saturated carbocycles. The van der Waals surface area contributed by atoms with Crippen molar-refractivity contribution in [1.82, 2.24) is 4.98 Å². The summed E-state index contributed by atoms with van der Waals surface area (Å²) in [4.78, 5) is 17.8. The van der Waals surface area contributed by atoms with Crippen LogP contribution in [0.5, 0.6) is 5.75 Å². The van der Waals surface area contributed by atoms with Crippen molar-refractivity contribution in [3.8, 4) is 22.9 Å². The number of hydrogen-bond acceptors (Lipinski definition) is 4. The molecule has 36 heavy (non-hydrogen) atoms. The largest absolute Gasteiger partial charge is 0.475 e. The van der Waals surface area contributed by atoms with E-state index in [0.29, 0.717) is 12.1 Å². The molecule has 0 spiro atoms. The summed E-state index contributed by atoms with van der Waals surface area (Å²) in [5, 5.41) is 9.04. The Morgan fingerprint density at radius 1 is 1.00 bits per heavy atom. The SMILES string of the molecule is CC(C#N)Oc1cc(F)ccc1-c1ccncc1N(C)C(=O)c1cc(C(F)(F)F)cc(C(F)(F)F)c1. The van der Waals surface area contributed by atoms with Gasteiger partial charge in [0.25, 0.3) is 5.91 Å². The van der Waals surface area contributed by atoms with E-state index in [4.69, 9.17) is 10.00 Å². The van der Waals surface area contributed by atoms with Crippen LogP contribution in [0.15, 0.2) is 54.9 Å². The first-order valence-corrected chi connectivity index (χ1v) is 10.1. The molecule has 2 aromatic carbocycles. The minimum atomic E-state index is -5.13. The van der Waals surface area contributed by atoms with Crippen LogP contribution in [-0.4, -0.2) is 24.0 Å². The summed E-state index contributed by atoms with van der Waals surface area (Å²) >= 11 is 0. The number of rotatable bonds is 5. The summed E-state index contributed by atoms with van der Waals surface area (Å²) < 4.78 is 98.8. The van der Waals surface area contributed by atoms with E-state index in [1.54, 1.807) is 0 Å². The smallest absolute Gasteiger partial charge is 0.416 e. The van der Waals surface area contributed by atoms with Crippen molar-refractivity contribution in [2.24, 2.45) is 0 Å². The van der Waals surface area contributed by atoms with E-state index in [2.05, 4.69) is 4.98 Å². The van der Waals surface area contributed by atoms with E-state index < -0.39 is 46.9 Å². The van der Waals surface area contributed by atoms with Crippen LogP contribution in [0.1, 0.15) is 28.4 Å². The first-order valence-electron chi connectivity index (χ1n) is 10.1. The third kappa shape index (κ3) is 5.73. The molecule has 5 nitrogen and oxygen atoms in total. The highest BCUT2D eigenvalue weighted by molar-refractivity contribution is 6.08. The molecule has 0 bridgehead atoms. The summed E-state index contributed by atoms with van der Waals surface area (Å²) in [6.45, 7) is 1.41. The highest BCUT2D eigenvalue weighted by Gasteiger charge is 2.38. The fraction of sp³-hybridized carbons (Fsp3) is 0.208. The first kappa shape index (κ1) is 26.5. The van der Waals surface area contributed by atoms with Crippen molar-refractivity contribution in [2.45, 2.75) is 25.4 Å². The standard InChI is InChI=1S/C24H16F7N3O2/c1-13(11-32)36-21-10-17(25)3-4-19(21)18-5-6-33-12-20(18)34(2)22(35)14-7-15(23(26,27)28)9-16(8-14)24(29,30)31/h3-10,12-13H,1-2H3. The quantitative estimate of drug-likeness (QED) is 0.367. The molecule has 12 heteroatoms. The molecule has 1 atom stereocenters. The number of amides is 1. The molecule has 0 radical (unpaired) electrons. The third-order valence-corrected chi connectivity index (χ3v) is 5.02. The Hall–Kier alpha value is -4.14. The first-order chi connectivity index (χ1) is 16.7. The molecule has 188 valence electrons. The molecule has 0 aliphatic rings. The summed E-state index contributed by atoms with van der Waals surface area (Å²) in [7, 11) is 1.14. The average Bonchev–Trinajstić information content (AvgIpc) is 2.82. The zero-order chi connectivity index (χ0) is 26.8. The molecule has 0 fully saturated rings. The van der Waals surface area contributed by atoms with Crippen LogP contribution in [0.4, 0.5) is 36.4 Å². The van der Waals surface area contributed by atoms with Gasteiger partial charge in [-0.05, 0) is 43.3 Å². The van der Waals surface area contributed by atoms with Gasteiger partial charge < -0.3 is 9.64 Å². The monoisotopic (exact) mass is 511 g/mol. The highest BCUT2D eigenvalue weighted by Crippen LogP contribution is 2.39. The average molecular weight is 511 g/mol. The van der Waals surface area contributed by atoms with Crippen molar-refractivity contribution < 1.29 is 40.3 Å². The molecule has 1 aromatic heterocycles. The molecule has 1 unspecified atom stereocenters. The molecular weight excluding hydrogens is 495 g/mol. The van der Waals surface area contributed by atoms with Crippen molar-refractivity contribution in [3.05, 3.63) is 77.4 Å². The van der Waals surface area contributed by atoms with Crippen LogP contribution >= 0.6 is 0 Å². The Bertz CT molecular complexity index is 1300. The van der Waals surface area contributed by atoms with E-state index in [0.717, 1.165) is 30.3 Å². The predicted octanol–water partition coefficient (Wildman–Crippen LogP) is 6.49. The molecule has 0 aliphatic heterocycles. The van der Waals surface area contributed by atoms with Gasteiger partial charge in [-0.15, -0.1) is 0 Å². The van der Waals surface area contributed by atoms with Crippen LogP contribution in [-0.2, 0) is 12.4 Å².